The van der Waals surface area contributed by atoms with Gasteiger partial charge < -0.3 is 24.4 Å². The molecule has 1 aliphatic rings. The maximum absolute atomic E-state index is 12.9. The van der Waals surface area contributed by atoms with E-state index in [9.17, 15) is 22.8 Å². The highest BCUT2D eigenvalue weighted by Crippen LogP contribution is 2.25. The topological polar surface area (TPSA) is 106 Å². The molecule has 0 spiro atoms. The summed E-state index contributed by atoms with van der Waals surface area (Å²) < 4.78 is 51.4. The first kappa shape index (κ1) is 24.5. The number of anilines is 1. The standard InChI is InChI=1S/C21H25F3N4O5/c1-31-11-14-4-3-9-28(14)20-26-16(10-18(29)27-20)19(30)25-17(12-32-2)13-5-7-15(8-6-13)33-21(22,23)24/h5-8,10,14,17H,3-4,9,11-12H2,1-2H3,(H,25,30)(H,26,27,29). The van der Waals surface area contributed by atoms with Crippen LogP contribution in [0.5, 0.6) is 5.75 Å². The number of carbonyl (C=O) groups is 1. The van der Waals surface area contributed by atoms with Gasteiger partial charge in [0.25, 0.3) is 11.5 Å². The summed E-state index contributed by atoms with van der Waals surface area (Å²) in [5.74, 6) is -0.725. The Morgan fingerprint density at radius 2 is 2.00 bits per heavy atom. The minimum absolute atomic E-state index is 0.0372. The van der Waals surface area contributed by atoms with Gasteiger partial charge in [-0.3, -0.25) is 14.6 Å². The smallest absolute Gasteiger partial charge is 0.406 e. The van der Waals surface area contributed by atoms with Crippen LogP contribution in [0.15, 0.2) is 35.1 Å². The van der Waals surface area contributed by atoms with Crippen molar-refractivity contribution in [3.05, 3.63) is 51.9 Å². The van der Waals surface area contributed by atoms with Gasteiger partial charge in [0.1, 0.15) is 11.4 Å². The van der Waals surface area contributed by atoms with Crippen molar-refractivity contribution in [3.63, 3.8) is 0 Å². The van der Waals surface area contributed by atoms with Gasteiger partial charge in [-0.25, -0.2) is 4.98 Å². The second-order valence-corrected chi connectivity index (χ2v) is 7.50. The van der Waals surface area contributed by atoms with Crippen LogP contribution in [-0.4, -0.2) is 62.3 Å². The van der Waals surface area contributed by atoms with Crippen molar-refractivity contribution in [2.45, 2.75) is 31.3 Å². The number of hydrogen-bond donors (Lipinski definition) is 2. The van der Waals surface area contributed by atoms with Gasteiger partial charge in [0.05, 0.1) is 25.3 Å². The van der Waals surface area contributed by atoms with E-state index in [4.69, 9.17) is 9.47 Å². The molecule has 0 aliphatic carbocycles. The summed E-state index contributed by atoms with van der Waals surface area (Å²) in [6, 6.07) is 5.50. The van der Waals surface area contributed by atoms with Crippen LogP contribution in [-0.2, 0) is 9.47 Å². The minimum Gasteiger partial charge on any atom is -0.406 e. The lowest BCUT2D eigenvalue weighted by molar-refractivity contribution is -0.274. The molecule has 0 bridgehead atoms. The van der Waals surface area contributed by atoms with Gasteiger partial charge in [0, 0.05) is 26.8 Å². The number of amides is 1. The Balaban J connectivity index is 1.78. The number of halogens is 3. The molecule has 2 unspecified atom stereocenters. The third-order valence-electron chi connectivity index (χ3n) is 5.12. The summed E-state index contributed by atoms with van der Waals surface area (Å²) in [5, 5.41) is 2.71. The molecule has 2 heterocycles. The van der Waals surface area contributed by atoms with Crippen LogP contribution < -0.4 is 20.5 Å². The average molecular weight is 470 g/mol. The maximum atomic E-state index is 12.9. The minimum atomic E-state index is -4.80. The van der Waals surface area contributed by atoms with Crippen LogP contribution in [0.1, 0.15) is 34.9 Å². The van der Waals surface area contributed by atoms with Gasteiger partial charge in [0.2, 0.25) is 5.95 Å². The molecule has 12 heteroatoms. The predicted molar refractivity (Wildman–Crippen MR) is 112 cm³/mol. The van der Waals surface area contributed by atoms with E-state index < -0.39 is 23.9 Å². The molecule has 2 aromatic rings. The molecule has 0 radical (unpaired) electrons. The Morgan fingerprint density at radius 3 is 2.64 bits per heavy atom. The fourth-order valence-corrected chi connectivity index (χ4v) is 3.70. The van der Waals surface area contributed by atoms with Crippen LogP contribution >= 0.6 is 0 Å². The van der Waals surface area contributed by atoms with E-state index in [0.717, 1.165) is 31.0 Å². The van der Waals surface area contributed by atoms with Crippen LogP contribution in [0, 0.1) is 0 Å². The molecule has 2 N–H and O–H groups in total. The Labute approximate surface area is 187 Å². The number of nitrogens with zero attached hydrogens (tertiary/aromatic N) is 2. The van der Waals surface area contributed by atoms with Gasteiger partial charge in [-0.1, -0.05) is 12.1 Å². The van der Waals surface area contributed by atoms with Crippen LogP contribution in [0.3, 0.4) is 0 Å². The van der Waals surface area contributed by atoms with E-state index in [0.29, 0.717) is 18.7 Å². The predicted octanol–water partition coefficient (Wildman–Crippen LogP) is 2.40. The van der Waals surface area contributed by atoms with E-state index in [1.54, 1.807) is 7.11 Å². The molecule has 9 nitrogen and oxygen atoms in total. The number of aromatic nitrogens is 2. The molecule has 1 fully saturated rings. The third-order valence-corrected chi connectivity index (χ3v) is 5.12. The highest BCUT2D eigenvalue weighted by molar-refractivity contribution is 5.92. The normalized spacial score (nSPS) is 17.1. The fourth-order valence-electron chi connectivity index (χ4n) is 3.70. The average Bonchev–Trinajstić information content (AvgIpc) is 3.21. The highest BCUT2D eigenvalue weighted by Gasteiger charge is 2.31. The Kier molecular flexibility index (Phi) is 7.92. The molecule has 1 saturated heterocycles. The summed E-state index contributed by atoms with van der Waals surface area (Å²) >= 11 is 0. The number of aromatic amines is 1. The molecule has 33 heavy (non-hydrogen) atoms. The second-order valence-electron chi connectivity index (χ2n) is 7.50. The van der Waals surface area contributed by atoms with E-state index in [2.05, 4.69) is 20.0 Å². The largest absolute Gasteiger partial charge is 0.573 e. The number of nitrogens with one attached hydrogen (secondary N) is 2. The number of hydrogen-bond acceptors (Lipinski definition) is 7. The molecule has 0 saturated carbocycles. The summed E-state index contributed by atoms with van der Waals surface area (Å²) in [6.45, 7) is 1.17. The number of benzene rings is 1. The number of methoxy groups -OCH3 is 2. The molecular weight excluding hydrogens is 445 g/mol. The van der Waals surface area contributed by atoms with Gasteiger partial charge in [-0.05, 0) is 30.5 Å². The van der Waals surface area contributed by atoms with E-state index in [-0.39, 0.29) is 30.0 Å². The summed E-state index contributed by atoms with van der Waals surface area (Å²) in [6.07, 6.45) is -3.03. The van der Waals surface area contributed by atoms with Crippen molar-refractivity contribution in [1.82, 2.24) is 15.3 Å². The zero-order valence-electron chi connectivity index (χ0n) is 18.1. The fraction of sp³-hybridized carbons (Fsp3) is 0.476. The zero-order chi connectivity index (χ0) is 24.0. The van der Waals surface area contributed by atoms with Crippen LogP contribution in [0.25, 0.3) is 0 Å². The summed E-state index contributed by atoms with van der Waals surface area (Å²) in [4.78, 5) is 34.0. The first-order valence-corrected chi connectivity index (χ1v) is 10.2. The van der Waals surface area contributed by atoms with Crippen molar-refractivity contribution in [2.24, 2.45) is 0 Å². The molecule has 1 aliphatic heterocycles. The third kappa shape index (κ3) is 6.68. The Morgan fingerprint density at radius 1 is 1.27 bits per heavy atom. The molecule has 180 valence electrons. The first-order valence-electron chi connectivity index (χ1n) is 10.2. The van der Waals surface area contributed by atoms with Crippen molar-refractivity contribution in [3.8, 4) is 5.75 Å². The Bertz CT molecular complexity index is 997. The molecule has 3 rings (SSSR count). The lowest BCUT2D eigenvalue weighted by atomic mass is 10.1. The maximum Gasteiger partial charge on any atom is 0.573 e. The van der Waals surface area contributed by atoms with Crippen LogP contribution in [0.2, 0.25) is 0 Å². The highest BCUT2D eigenvalue weighted by atomic mass is 19.4. The van der Waals surface area contributed by atoms with Crippen molar-refractivity contribution in [2.75, 3.05) is 38.9 Å². The summed E-state index contributed by atoms with van der Waals surface area (Å²) in [7, 11) is 3.02. The SMILES string of the molecule is COCC(NC(=O)c1cc(=O)[nH]c(N2CCCC2COC)n1)c1ccc(OC(F)(F)F)cc1. The number of H-pyrrole nitrogens is 1. The molecule has 1 amide bonds. The number of alkyl halides is 3. The molecular formula is C21H25F3N4O5. The van der Waals surface area contributed by atoms with E-state index in [1.165, 1.54) is 19.2 Å². The Hall–Kier alpha value is -3.12. The van der Waals surface area contributed by atoms with Crippen molar-refractivity contribution in [1.29, 1.82) is 0 Å². The van der Waals surface area contributed by atoms with E-state index in [1.807, 2.05) is 4.90 Å². The summed E-state index contributed by atoms with van der Waals surface area (Å²) in [5.41, 5.74) is -0.0791. The van der Waals surface area contributed by atoms with E-state index >= 15 is 0 Å². The van der Waals surface area contributed by atoms with Gasteiger partial charge >= 0.3 is 6.36 Å². The number of rotatable bonds is 9. The molecule has 1 aromatic carbocycles. The molecule has 2 atom stereocenters. The lowest BCUT2D eigenvalue weighted by Gasteiger charge is -2.25. The first-order chi connectivity index (χ1) is 15.7. The van der Waals surface area contributed by atoms with Crippen molar-refractivity contribution < 1.29 is 32.2 Å². The van der Waals surface area contributed by atoms with Gasteiger partial charge in [-0.15, -0.1) is 13.2 Å². The monoisotopic (exact) mass is 470 g/mol. The second kappa shape index (κ2) is 10.7. The van der Waals surface area contributed by atoms with Crippen LogP contribution in [0.4, 0.5) is 19.1 Å². The number of carbonyl (C=O) groups excluding carboxylic acids is 1. The van der Waals surface area contributed by atoms with Crippen molar-refractivity contribution >= 4 is 11.9 Å². The quantitative estimate of drug-likeness (QED) is 0.580. The van der Waals surface area contributed by atoms with Gasteiger partial charge in [-0.2, -0.15) is 0 Å². The zero-order valence-corrected chi connectivity index (χ0v) is 18.1. The lowest BCUT2D eigenvalue weighted by Crippen LogP contribution is -2.37. The van der Waals surface area contributed by atoms with Gasteiger partial charge in [0.15, 0.2) is 0 Å². The molecule has 1 aromatic heterocycles. The number of ether oxygens (including phenoxy) is 3.